The molecule has 0 radical (unpaired) electrons. The second kappa shape index (κ2) is 7.53. The zero-order chi connectivity index (χ0) is 17.0. The van der Waals surface area contributed by atoms with Gasteiger partial charge in [0.25, 0.3) is 0 Å². The van der Waals surface area contributed by atoms with Gasteiger partial charge in [-0.05, 0) is 51.6 Å². The normalized spacial score (nSPS) is 18.7. The van der Waals surface area contributed by atoms with E-state index in [1.165, 1.54) is 6.20 Å². The molecule has 1 saturated heterocycles. The van der Waals surface area contributed by atoms with Crippen LogP contribution in [0.5, 0.6) is 0 Å². The first kappa shape index (κ1) is 18.1. The highest BCUT2D eigenvalue weighted by molar-refractivity contribution is 6.33. The summed E-state index contributed by atoms with van der Waals surface area (Å²) in [4.78, 5) is 22.0. The molecule has 0 aliphatic carbocycles. The first-order chi connectivity index (χ1) is 10.8. The van der Waals surface area contributed by atoms with Crippen LogP contribution in [0.4, 0.5) is 10.6 Å². The number of nitrogens with one attached hydrogen (secondary N) is 1. The van der Waals surface area contributed by atoms with E-state index in [4.69, 9.17) is 27.9 Å². The van der Waals surface area contributed by atoms with Crippen LogP contribution in [-0.2, 0) is 4.74 Å². The van der Waals surface area contributed by atoms with Crippen molar-refractivity contribution in [3.05, 3.63) is 16.5 Å². The minimum absolute atomic E-state index is 0.0309. The number of carbonyl (C=O) groups is 1. The first-order valence-corrected chi connectivity index (χ1v) is 8.43. The molecule has 1 N–H and O–H groups in total. The smallest absolute Gasteiger partial charge is 0.410 e. The predicted octanol–water partition coefficient (Wildman–Crippen LogP) is 3.98. The number of nitrogens with zero attached hydrogens (tertiary/aromatic N) is 3. The number of piperidine rings is 1. The number of hydrogen-bond acceptors (Lipinski definition) is 5. The molecule has 0 aromatic carbocycles. The fraction of sp³-hybridized carbons (Fsp3) is 0.667. The summed E-state index contributed by atoms with van der Waals surface area (Å²) in [5.41, 5.74) is -0.504. The standard InChI is InChI=1S/C15H22Cl2N4O2/c1-15(2,3)23-14(22)21-7-5-4-6-10(21)8-18-12-11(16)9-19-13(17)20-12/h9-10H,4-8H2,1-3H3,(H,18,19,20)/t10-/m1/s1. The lowest BCUT2D eigenvalue weighted by Crippen LogP contribution is -2.49. The summed E-state index contributed by atoms with van der Waals surface area (Å²) in [6.45, 7) is 6.83. The lowest BCUT2D eigenvalue weighted by Gasteiger charge is -2.36. The van der Waals surface area contributed by atoms with Crippen LogP contribution in [-0.4, -0.2) is 45.7 Å². The van der Waals surface area contributed by atoms with Crippen LogP contribution in [0.15, 0.2) is 6.20 Å². The van der Waals surface area contributed by atoms with E-state index in [2.05, 4.69) is 15.3 Å². The number of carbonyl (C=O) groups excluding carboxylic acids is 1. The summed E-state index contributed by atoms with van der Waals surface area (Å²) in [5, 5.41) is 3.68. The molecule has 1 aromatic heterocycles. The van der Waals surface area contributed by atoms with Gasteiger partial charge >= 0.3 is 6.09 Å². The number of aromatic nitrogens is 2. The van der Waals surface area contributed by atoms with Crippen molar-refractivity contribution in [2.45, 2.75) is 51.7 Å². The molecule has 128 valence electrons. The summed E-state index contributed by atoms with van der Waals surface area (Å²) >= 11 is 11.8. The molecule has 8 heteroatoms. The van der Waals surface area contributed by atoms with Crippen LogP contribution in [0.3, 0.4) is 0 Å². The summed E-state index contributed by atoms with van der Waals surface area (Å²) in [6.07, 6.45) is 4.13. The zero-order valence-electron chi connectivity index (χ0n) is 13.6. The Morgan fingerprint density at radius 1 is 1.43 bits per heavy atom. The van der Waals surface area contributed by atoms with Gasteiger partial charge in [-0.15, -0.1) is 0 Å². The second-order valence-electron chi connectivity index (χ2n) is 6.54. The van der Waals surface area contributed by atoms with E-state index >= 15 is 0 Å². The molecule has 0 bridgehead atoms. The Balaban J connectivity index is 2.01. The lowest BCUT2D eigenvalue weighted by molar-refractivity contribution is 0.0114. The number of anilines is 1. The van der Waals surface area contributed by atoms with Gasteiger partial charge in [0.1, 0.15) is 16.4 Å². The van der Waals surface area contributed by atoms with E-state index < -0.39 is 5.60 Å². The summed E-state index contributed by atoms with van der Waals surface area (Å²) < 4.78 is 5.49. The van der Waals surface area contributed by atoms with Crippen molar-refractivity contribution < 1.29 is 9.53 Å². The van der Waals surface area contributed by atoms with Crippen molar-refractivity contribution in [3.63, 3.8) is 0 Å². The van der Waals surface area contributed by atoms with E-state index in [0.29, 0.717) is 23.9 Å². The average molecular weight is 361 g/mol. The van der Waals surface area contributed by atoms with E-state index in [1.807, 2.05) is 20.8 Å². The van der Waals surface area contributed by atoms with Gasteiger partial charge in [-0.1, -0.05) is 11.6 Å². The SMILES string of the molecule is CC(C)(C)OC(=O)N1CCCC[C@@H]1CNc1nc(Cl)ncc1Cl. The van der Waals surface area contributed by atoms with Crippen molar-refractivity contribution in [1.29, 1.82) is 0 Å². The molecule has 2 heterocycles. The minimum atomic E-state index is -0.504. The van der Waals surface area contributed by atoms with Crippen LogP contribution in [0, 0.1) is 0 Å². The molecule has 6 nitrogen and oxygen atoms in total. The Hall–Kier alpha value is -1.27. The highest BCUT2D eigenvalue weighted by Gasteiger charge is 2.30. The van der Waals surface area contributed by atoms with Crippen LogP contribution < -0.4 is 5.32 Å². The third-order valence-corrected chi connectivity index (χ3v) is 3.93. The van der Waals surface area contributed by atoms with Crippen molar-refractivity contribution >= 4 is 35.1 Å². The zero-order valence-corrected chi connectivity index (χ0v) is 15.1. The van der Waals surface area contributed by atoms with Gasteiger partial charge in [-0.25, -0.2) is 9.78 Å². The van der Waals surface area contributed by atoms with Gasteiger partial charge in [-0.2, -0.15) is 4.98 Å². The Bertz CT molecular complexity index is 563. The van der Waals surface area contributed by atoms with Gasteiger partial charge < -0.3 is 15.0 Å². The molecule has 1 aliphatic rings. The highest BCUT2D eigenvalue weighted by Crippen LogP contribution is 2.23. The number of likely N-dealkylation sites (tertiary alicyclic amines) is 1. The molecule has 1 amide bonds. The first-order valence-electron chi connectivity index (χ1n) is 7.68. The van der Waals surface area contributed by atoms with Gasteiger partial charge in [0, 0.05) is 13.1 Å². The Morgan fingerprint density at radius 3 is 2.87 bits per heavy atom. The highest BCUT2D eigenvalue weighted by atomic mass is 35.5. The fourth-order valence-electron chi connectivity index (χ4n) is 2.46. The van der Waals surface area contributed by atoms with Crippen molar-refractivity contribution in [2.75, 3.05) is 18.4 Å². The largest absolute Gasteiger partial charge is 0.444 e. The molecular formula is C15H22Cl2N4O2. The number of halogens is 2. The van der Waals surface area contributed by atoms with E-state index in [0.717, 1.165) is 19.3 Å². The maximum Gasteiger partial charge on any atom is 0.410 e. The van der Waals surface area contributed by atoms with Crippen LogP contribution in [0.2, 0.25) is 10.3 Å². The molecule has 1 aliphatic heterocycles. The lowest BCUT2D eigenvalue weighted by atomic mass is 10.0. The monoisotopic (exact) mass is 360 g/mol. The van der Waals surface area contributed by atoms with Crippen molar-refractivity contribution in [2.24, 2.45) is 0 Å². The van der Waals surface area contributed by atoms with Gasteiger partial charge in [-0.3, -0.25) is 0 Å². The molecular weight excluding hydrogens is 339 g/mol. The molecule has 1 atom stereocenters. The molecule has 1 aromatic rings. The topological polar surface area (TPSA) is 67.3 Å². The van der Waals surface area contributed by atoms with Gasteiger partial charge in [0.05, 0.1) is 12.2 Å². The van der Waals surface area contributed by atoms with Crippen molar-refractivity contribution in [1.82, 2.24) is 14.9 Å². The maximum atomic E-state index is 12.4. The van der Waals surface area contributed by atoms with Crippen molar-refractivity contribution in [3.8, 4) is 0 Å². The fourth-order valence-corrected chi connectivity index (χ4v) is 2.75. The van der Waals surface area contributed by atoms with Crippen LogP contribution in [0.1, 0.15) is 40.0 Å². The third kappa shape index (κ3) is 5.39. The van der Waals surface area contributed by atoms with E-state index in [9.17, 15) is 4.79 Å². The predicted molar refractivity (Wildman–Crippen MR) is 91.1 cm³/mol. The average Bonchev–Trinajstić information content (AvgIpc) is 2.47. The second-order valence-corrected chi connectivity index (χ2v) is 7.29. The van der Waals surface area contributed by atoms with E-state index in [1.54, 1.807) is 4.90 Å². The van der Waals surface area contributed by atoms with Crippen LogP contribution >= 0.6 is 23.2 Å². The Morgan fingerprint density at radius 2 is 2.17 bits per heavy atom. The molecule has 23 heavy (non-hydrogen) atoms. The number of amides is 1. The van der Waals surface area contributed by atoms with Gasteiger partial charge in [0.2, 0.25) is 5.28 Å². The minimum Gasteiger partial charge on any atom is -0.444 e. The quantitative estimate of drug-likeness (QED) is 0.825. The summed E-state index contributed by atoms with van der Waals surface area (Å²) in [6, 6.07) is 0.0309. The Kier molecular flexibility index (Phi) is 5.92. The molecule has 0 saturated carbocycles. The summed E-state index contributed by atoms with van der Waals surface area (Å²) in [7, 11) is 0. The third-order valence-electron chi connectivity index (χ3n) is 3.47. The number of hydrogen-bond donors (Lipinski definition) is 1. The summed E-state index contributed by atoms with van der Waals surface area (Å²) in [5.74, 6) is 0.473. The molecule has 1 fully saturated rings. The molecule has 0 spiro atoms. The molecule has 2 rings (SSSR count). The number of rotatable bonds is 3. The van der Waals surface area contributed by atoms with Crippen LogP contribution in [0.25, 0.3) is 0 Å². The Labute approximate surface area is 146 Å². The maximum absolute atomic E-state index is 12.4. The van der Waals surface area contributed by atoms with E-state index in [-0.39, 0.29) is 17.4 Å². The van der Waals surface area contributed by atoms with Gasteiger partial charge in [0.15, 0.2) is 0 Å². The molecule has 0 unspecified atom stereocenters. The number of ether oxygens (including phenoxy) is 1.